The Morgan fingerprint density at radius 3 is 2.00 bits per heavy atom. The van der Waals surface area contributed by atoms with Crippen LogP contribution >= 0.6 is 62.1 Å². The smallest absolute Gasteiger partial charge is 0.307 e. The molecule has 4 rings (SSSR count). The molecule has 0 fully saturated rings. The van der Waals surface area contributed by atoms with Gasteiger partial charge in [0.1, 0.15) is 5.15 Å². The highest BCUT2D eigenvalue weighted by atomic mass is 36.0. The van der Waals surface area contributed by atoms with Crippen LogP contribution in [-0.2, 0) is 4.57 Å². The second-order valence-electron chi connectivity index (χ2n) is 5.15. The van der Waals surface area contributed by atoms with Crippen molar-refractivity contribution in [3.05, 3.63) is 79.8 Å². The van der Waals surface area contributed by atoms with E-state index in [-0.39, 0.29) is 10.8 Å². The van der Waals surface area contributed by atoms with Gasteiger partial charge in [-0.05, 0) is 69.6 Å². The van der Waals surface area contributed by atoms with Gasteiger partial charge in [-0.1, -0.05) is 35.9 Å². The summed E-state index contributed by atoms with van der Waals surface area (Å²) in [5, 5.41) is -1.33. The number of hydrogen-bond acceptors (Lipinski definition) is 5. The number of nitrogens with one attached hydrogen (secondary N) is 2. The lowest BCUT2D eigenvalue weighted by Gasteiger charge is -1.97. The molecule has 0 unspecified atom stereocenters. The van der Waals surface area contributed by atoms with Crippen LogP contribution in [0.2, 0.25) is 10.4 Å². The second-order valence-corrected chi connectivity index (χ2v) is 12.5. The van der Waals surface area contributed by atoms with Gasteiger partial charge in [0.05, 0.1) is 16.4 Å². The van der Waals surface area contributed by atoms with E-state index >= 15 is 0 Å². The van der Waals surface area contributed by atoms with Gasteiger partial charge >= 0.3 is 10.9 Å². The van der Waals surface area contributed by atoms with Gasteiger partial charge in [0.2, 0.25) is 5.28 Å². The van der Waals surface area contributed by atoms with E-state index in [0.29, 0.717) is 16.1 Å². The van der Waals surface area contributed by atoms with Crippen molar-refractivity contribution < 1.29 is 4.57 Å². The monoisotopic (exact) mass is 512 g/mol. The summed E-state index contributed by atoms with van der Waals surface area (Å²) in [6, 6.07) is 14.3. The maximum atomic E-state index is 11.1. The zero-order valence-electron chi connectivity index (χ0n) is 14.1. The molecule has 7 nitrogen and oxygen atoms in total. The van der Waals surface area contributed by atoms with Crippen molar-refractivity contribution in [2.24, 2.45) is 0 Å². The molecule has 0 atom stereocenters. The molecule has 0 aliphatic carbocycles. The number of rotatable bonds is 0. The van der Waals surface area contributed by atoms with Gasteiger partial charge in [0.15, 0.2) is 0 Å². The third-order valence-electron chi connectivity index (χ3n) is 3.18. The minimum absolute atomic E-state index is 0.179. The average molecular weight is 515 g/mol. The van der Waals surface area contributed by atoms with Crippen molar-refractivity contribution in [1.29, 1.82) is 0 Å². The maximum Gasteiger partial charge on any atom is 0.339 e. The highest BCUT2D eigenvalue weighted by molar-refractivity contribution is 8.24. The van der Waals surface area contributed by atoms with Crippen LogP contribution < -0.4 is 11.2 Å². The molecule has 0 saturated carbocycles. The molecule has 2 N–H and O–H groups in total. The first-order valence-corrected chi connectivity index (χ1v) is 12.7. The maximum absolute atomic E-state index is 11.1. The predicted molar refractivity (Wildman–Crippen MR) is 120 cm³/mol. The van der Waals surface area contributed by atoms with E-state index in [1.54, 1.807) is 24.3 Å². The Morgan fingerprint density at radius 2 is 1.34 bits per heavy atom. The summed E-state index contributed by atoms with van der Waals surface area (Å²) in [7, 11) is 0. The number of para-hydroxylation sites is 2. The number of hydrogen-bond donors (Lipinski definition) is 2. The van der Waals surface area contributed by atoms with Crippen molar-refractivity contribution in [2.75, 3.05) is 0 Å². The van der Waals surface area contributed by atoms with E-state index in [1.165, 1.54) is 0 Å². The first-order valence-electron chi connectivity index (χ1n) is 7.53. The van der Waals surface area contributed by atoms with Crippen LogP contribution in [0.15, 0.2) is 58.1 Å². The fourth-order valence-corrected chi connectivity index (χ4v) is 2.58. The molecule has 0 saturated heterocycles. The standard InChI is InChI=1S/C8H4Cl2N2.C8H6N2O2.Cl3OP/c9-7-5-3-1-2-4-6(5)11-8(10)12-7;11-7-5-3-1-2-4-6(5)9-8(12)10-7;1-5(2,3)4/h1-4H;1-4H,(H2,9,10,11,12);. The van der Waals surface area contributed by atoms with E-state index in [1.807, 2.05) is 24.3 Å². The van der Waals surface area contributed by atoms with E-state index in [9.17, 15) is 14.2 Å². The molecular weight excluding hydrogens is 504 g/mol. The number of halogens is 5. The van der Waals surface area contributed by atoms with Gasteiger partial charge in [-0.2, -0.15) is 0 Å². The summed E-state index contributed by atoms with van der Waals surface area (Å²) in [5.41, 5.74) is 0.502. The molecule has 2 aromatic carbocycles. The second kappa shape index (κ2) is 10.4. The lowest BCUT2D eigenvalue weighted by Crippen LogP contribution is -2.21. The fraction of sp³-hybridized carbons (Fsp3) is 0. The molecule has 0 aliphatic rings. The van der Waals surface area contributed by atoms with Crippen molar-refractivity contribution in [3.8, 4) is 0 Å². The number of nitrogens with zero attached hydrogens (tertiary/aromatic N) is 2. The number of fused-ring (bicyclic) bond motifs is 2. The van der Waals surface area contributed by atoms with E-state index < -0.39 is 10.9 Å². The first-order chi connectivity index (χ1) is 13.5. The van der Waals surface area contributed by atoms with Crippen LogP contribution in [0, 0.1) is 0 Å². The number of aromatic nitrogens is 4. The molecule has 0 aliphatic heterocycles. The third-order valence-corrected chi connectivity index (χ3v) is 3.63. The molecule has 0 amide bonds. The summed E-state index contributed by atoms with van der Waals surface area (Å²) in [6.45, 7) is 0. The van der Waals surface area contributed by atoms with E-state index in [2.05, 4.69) is 53.7 Å². The van der Waals surface area contributed by atoms with Crippen LogP contribution in [0.1, 0.15) is 0 Å². The van der Waals surface area contributed by atoms with Gasteiger partial charge in [-0.25, -0.2) is 14.8 Å². The van der Waals surface area contributed by atoms with Gasteiger partial charge < -0.3 is 4.98 Å². The fourth-order valence-electron chi connectivity index (χ4n) is 2.13. The van der Waals surface area contributed by atoms with Crippen LogP contribution in [-0.4, -0.2) is 19.9 Å². The van der Waals surface area contributed by atoms with Crippen LogP contribution in [0.4, 0.5) is 0 Å². The molecule has 2 heterocycles. The van der Waals surface area contributed by atoms with Crippen molar-refractivity contribution in [3.63, 3.8) is 0 Å². The van der Waals surface area contributed by atoms with Crippen LogP contribution in [0.3, 0.4) is 0 Å². The quantitative estimate of drug-likeness (QED) is 0.171. The van der Waals surface area contributed by atoms with Crippen molar-refractivity contribution in [2.45, 2.75) is 0 Å². The van der Waals surface area contributed by atoms with E-state index in [0.717, 1.165) is 10.9 Å². The summed E-state index contributed by atoms with van der Waals surface area (Å²) in [4.78, 5) is 34.4. The SMILES string of the molecule is Clc1nc(Cl)c2ccccc2n1.O=P(Cl)(Cl)Cl.O=c1[nH]c(=O)c2ccccc2[nH]1. The molecule has 4 aromatic rings. The van der Waals surface area contributed by atoms with Crippen molar-refractivity contribution >= 4 is 83.9 Å². The van der Waals surface area contributed by atoms with E-state index in [4.69, 9.17) is 23.2 Å². The molecular formula is C16H10Cl5N4O3P. The number of H-pyrrole nitrogens is 2. The van der Waals surface area contributed by atoms with Gasteiger partial charge in [-0.15, -0.1) is 0 Å². The number of benzene rings is 2. The van der Waals surface area contributed by atoms with Gasteiger partial charge in [-0.3, -0.25) is 14.3 Å². The lowest BCUT2D eigenvalue weighted by atomic mass is 10.2. The Morgan fingerprint density at radius 1 is 0.793 bits per heavy atom. The summed E-state index contributed by atoms with van der Waals surface area (Å²) < 4.78 is 9.51. The molecule has 0 spiro atoms. The topological polar surface area (TPSA) is 109 Å². The van der Waals surface area contributed by atoms with Crippen molar-refractivity contribution in [1.82, 2.24) is 19.9 Å². The normalized spacial score (nSPS) is 10.7. The minimum atomic E-state index is -3.22. The summed E-state index contributed by atoms with van der Waals surface area (Å²) >= 11 is 25.3. The highest BCUT2D eigenvalue weighted by Crippen LogP contribution is 2.61. The van der Waals surface area contributed by atoms with Crippen LogP contribution in [0.5, 0.6) is 0 Å². The lowest BCUT2D eigenvalue weighted by molar-refractivity contribution is 0.600. The Hall–Kier alpha value is -1.60. The molecule has 2 aromatic heterocycles. The Labute approximate surface area is 187 Å². The van der Waals surface area contributed by atoms with Crippen LogP contribution in [0.25, 0.3) is 21.8 Å². The van der Waals surface area contributed by atoms with Gasteiger partial charge in [0.25, 0.3) is 5.56 Å². The summed E-state index contributed by atoms with van der Waals surface area (Å²) in [6.07, 6.45) is 0. The molecule has 29 heavy (non-hydrogen) atoms. The largest absolute Gasteiger partial charge is 0.339 e. The Kier molecular flexibility index (Phi) is 8.52. The zero-order chi connectivity index (χ0) is 21.6. The van der Waals surface area contributed by atoms with Gasteiger partial charge in [0, 0.05) is 5.39 Å². The first kappa shape index (κ1) is 23.7. The third kappa shape index (κ3) is 7.97. The summed E-state index contributed by atoms with van der Waals surface area (Å²) in [5.74, 6) is 0. The molecule has 152 valence electrons. The average Bonchev–Trinajstić information content (AvgIpc) is 2.60. The Balaban J connectivity index is 0.000000170. The zero-order valence-corrected chi connectivity index (χ0v) is 18.7. The molecule has 13 heteroatoms. The molecule has 0 bridgehead atoms. The molecule has 0 radical (unpaired) electrons. The number of aromatic amines is 2. The predicted octanol–water partition coefficient (Wildman–Crippen LogP) is 5.96. The minimum Gasteiger partial charge on any atom is -0.307 e. The highest BCUT2D eigenvalue weighted by Gasteiger charge is 2.03. The Bertz CT molecular complexity index is 1300.